The fraction of sp³-hybridized carbons (Fsp3) is 0.294. The Morgan fingerprint density at radius 2 is 1.85 bits per heavy atom. The maximum absolute atomic E-state index is 13.8. The lowest BCUT2D eigenvalue weighted by Crippen LogP contribution is -2.21. The molecule has 0 aromatic heterocycles. The van der Waals surface area contributed by atoms with Crippen LogP contribution in [0, 0.1) is 12.7 Å². The molecule has 0 saturated carbocycles. The summed E-state index contributed by atoms with van der Waals surface area (Å²) >= 11 is 0. The first kappa shape index (κ1) is 14.5. The van der Waals surface area contributed by atoms with Crippen LogP contribution in [-0.2, 0) is 6.42 Å². The van der Waals surface area contributed by atoms with Gasteiger partial charge in [-0.3, -0.25) is 0 Å². The summed E-state index contributed by atoms with van der Waals surface area (Å²) in [6.07, 6.45) is 1.79. The third-order valence-electron chi connectivity index (χ3n) is 3.33. The highest BCUT2D eigenvalue weighted by atomic mass is 19.1. The molecular weight excluding hydrogens is 253 g/mol. The highest BCUT2D eigenvalue weighted by Gasteiger charge is 2.07. The molecule has 0 fully saturated rings. The third-order valence-corrected chi connectivity index (χ3v) is 3.33. The molecule has 1 atom stereocenters. The number of hydrogen-bond donors (Lipinski definition) is 1. The maximum atomic E-state index is 13.8. The van der Waals surface area contributed by atoms with E-state index in [-0.39, 0.29) is 17.6 Å². The van der Waals surface area contributed by atoms with E-state index in [9.17, 15) is 4.39 Å². The topological polar surface area (TPSA) is 35.2 Å². The number of aryl methyl sites for hydroxylation is 1. The summed E-state index contributed by atoms with van der Waals surface area (Å²) in [5.41, 5.74) is 7.66. The first-order valence-corrected chi connectivity index (χ1v) is 6.87. The van der Waals surface area contributed by atoms with Crippen molar-refractivity contribution in [3.05, 3.63) is 59.4 Å². The molecule has 0 saturated heterocycles. The van der Waals surface area contributed by atoms with Crippen molar-refractivity contribution in [1.29, 1.82) is 0 Å². The SMILES string of the molecule is CCC(N)Cc1ccc(Oc2cccc(C)c2F)cc1. The fourth-order valence-corrected chi connectivity index (χ4v) is 1.97. The number of benzene rings is 2. The summed E-state index contributed by atoms with van der Waals surface area (Å²) in [5.74, 6) is 0.566. The van der Waals surface area contributed by atoms with Crippen LogP contribution < -0.4 is 10.5 Å². The van der Waals surface area contributed by atoms with Crippen LogP contribution in [0.3, 0.4) is 0 Å². The van der Waals surface area contributed by atoms with Crippen LogP contribution >= 0.6 is 0 Å². The van der Waals surface area contributed by atoms with Gasteiger partial charge in [-0.15, -0.1) is 0 Å². The largest absolute Gasteiger partial charge is 0.454 e. The molecule has 1 unspecified atom stereocenters. The monoisotopic (exact) mass is 273 g/mol. The van der Waals surface area contributed by atoms with Crippen molar-refractivity contribution in [2.24, 2.45) is 5.73 Å². The lowest BCUT2D eigenvalue weighted by molar-refractivity contribution is 0.440. The van der Waals surface area contributed by atoms with Crippen molar-refractivity contribution in [1.82, 2.24) is 0 Å². The Balaban J connectivity index is 2.09. The Kier molecular flexibility index (Phi) is 4.74. The van der Waals surface area contributed by atoms with Gasteiger partial charge in [0.15, 0.2) is 11.6 Å². The highest BCUT2D eigenvalue weighted by Crippen LogP contribution is 2.26. The van der Waals surface area contributed by atoms with E-state index in [1.807, 2.05) is 24.3 Å². The Labute approximate surface area is 119 Å². The molecule has 2 N–H and O–H groups in total. The zero-order valence-electron chi connectivity index (χ0n) is 11.9. The normalized spacial score (nSPS) is 12.2. The van der Waals surface area contributed by atoms with Crippen LogP contribution in [0.15, 0.2) is 42.5 Å². The van der Waals surface area contributed by atoms with Crippen LogP contribution in [-0.4, -0.2) is 6.04 Å². The summed E-state index contributed by atoms with van der Waals surface area (Å²) < 4.78 is 19.4. The Bertz CT molecular complexity index is 566. The molecule has 0 aliphatic carbocycles. The van der Waals surface area contributed by atoms with Gasteiger partial charge < -0.3 is 10.5 Å². The van der Waals surface area contributed by atoms with E-state index >= 15 is 0 Å². The van der Waals surface area contributed by atoms with Gasteiger partial charge in [0.05, 0.1) is 0 Å². The molecule has 2 aromatic carbocycles. The Morgan fingerprint density at radius 3 is 2.50 bits per heavy atom. The average Bonchev–Trinajstić information content (AvgIpc) is 2.46. The van der Waals surface area contributed by atoms with Gasteiger partial charge in [-0.25, -0.2) is 4.39 Å². The van der Waals surface area contributed by atoms with Gasteiger partial charge in [-0.05, 0) is 49.1 Å². The quantitative estimate of drug-likeness (QED) is 0.885. The Hall–Kier alpha value is -1.87. The molecule has 0 amide bonds. The molecule has 0 radical (unpaired) electrons. The van der Waals surface area contributed by atoms with Gasteiger partial charge in [-0.1, -0.05) is 31.2 Å². The standard InChI is InChI=1S/C17H20FNO/c1-3-14(19)11-13-7-9-15(10-8-13)20-16-6-4-5-12(2)17(16)18/h4-10,14H,3,11,19H2,1-2H3. The van der Waals surface area contributed by atoms with Crippen molar-refractivity contribution < 1.29 is 9.13 Å². The second-order valence-electron chi connectivity index (χ2n) is 5.01. The predicted molar refractivity (Wildman–Crippen MR) is 79.6 cm³/mol. The molecule has 20 heavy (non-hydrogen) atoms. The summed E-state index contributed by atoms with van der Waals surface area (Å²) in [6, 6.07) is 12.9. The van der Waals surface area contributed by atoms with Crippen molar-refractivity contribution in [2.75, 3.05) is 0 Å². The molecule has 2 nitrogen and oxygen atoms in total. The number of halogens is 1. The van der Waals surface area contributed by atoms with Gasteiger partial charge in [0.2, 0.25) is 0 Å². The lowest BCUT2D eigenvalue weighted by Gasteiger charge is -2.11. The first-order chi connectivity index (χ1) is 9.60. The zero-order valence-corrected chi connectivity index (χ0v) is 11.9. The number of nitrogens with two attached hydrogens (primary N) is 1. The first-order valence-electron chi connectivity index (χ1n) is 6.87. The predicted octanol–water partition coefficient (Wildman–Crippen LogP) is 4.21. The summed E-state index contributed by atoms with van der Waals surface area (Å²) in [7, 11) is 0. The van der Waals surface area contributed by atoms with Gasteiger partial charge >= 0.3 is 0 Å². The fourth-order valence-electron chi connectivity index (χ4n) is 1.97. The van der Waals surface area contributed by atoms with Crippen LogP contribution in [0.25, 0.3) is 0 Å². The Morgan fingerprint density at radius 1 is 1.15 bits per heavy atom. The summed E-state index contributed by atoms with van der Waals surface area (Å²) in [5, 5.41) is 0. The minimum absolute atomic E-state index is 0.177. The molecule has 0 bridgehead atoms. The van der Waals surface area contributed by atoms with Crippen molar-refractivity contribution in [3.8, 4) is 11.5 Å². The minimum Gasteiger partial charge on any atom is -0.454 e. The number of hydrogen-bond acceptors (Lipinski definition) is 2. The summed E-state index contributed by atoms with van der Waals surface area (Å²) in [6.45, 7) is 3.79. The minimum atomic E-state index is -0.315. The molecular formula is C17H20FNO. The summed E-state index contributed by atoms with van der Waals surface area (Å²) in [4.78, 5) is 0. The zero-order chi connectivity index (χ0) is 14.5. The van der Waals surface area contributed by atoms with Crippen molar-refractivity contribution >= 4 is 0 Å². The van der Waals surface area contributed by atoms with E-state index in [0.29, 0.717) is 11.3 Å². The van der Waals surface area contributed by atoms with Gasteiger partial charge in [0, 0.05) is 6.04 Å². The smallest absolute Gasteiger partial charge is 0.168 e. The molecule has 0 spiro atoms. The molecule has 0 heterocycles. The second-order valence-corrected chi connectivity index (χ2v) is 5.01. The van der Waals surface area contributed by atoms with Gasteiger partial charge in [-0.2, -0.15) is 0 Å². The van der Waals surface area contributed by atoms with E-state index in [1.165, 1.54) is 0 Å². The molecule has 2 rings (SSSR count). The van der Waals surface area contributed by atoms with E-state index in [2.05, 4.69) is 6.92 Å². The van der Waals surface area contributed by atoms with Gasteiger partial charge in [0.1, 0.15) is 5.75 Å². The number of ether oxygens (including phenoxy) is 1. The van der Waals surface area contributed by atoms with E-state index in [0.717, 1.165) is 18.4 Å². The van der Waals surface area contributed by atoms with E-state index in [1.54, 1.807) is 25.1 Å². The molecule has 2 aromatic rings. The van der Waals surface area contributed by atoms with Crippen molar-refractivity contribution in [3.63, 3.8) is 0 Å². The lowest BCUT2D eigenvalue weighted by atomic mass is 10.0. The highest BCUT2D eigenvalue weighted by molar-refractivity contribution is 5.36. The van der Waals surface area contributed by atoms with Gasteiger partial charge in [0.25, 0.3) is 0 Å². The average molecular weight is 273 g/mol. The van der Waals surface area contributed by atoms with Crippen LogP contribution in [0.2, 0.25) is 0 Å². The molecule has 106 valence electrons. The van der Waals surface area contributed by atoms with E-state index < -0.39 is 0 Å². The maximum Gasteiger partial charge on any atom is 0.168 e. The third kappa shape index (κ3) is 3.58. The molecule has 0 aliphatic rings. The van der Waals surface area contributed by atoms with Crippen molar-refractivity contribution in [2.45, 2.75) is 32.7 Å². The molecule has 0 aliphatic heterocycles. The van der Waals surface area contributed by atoms with Crippen LogP contribution in [0.4, 0.5) is 4.39 Å². The van der Waals surface area contributed by atoms with Crippen LogP contribution in [0.1, 0.15) is 24.5 Å². The van der Waals surface area contributed by atoms with E-state index in [4.69, 9.17) is 10.5 Å². The number of rotatable bonds is 5. The molecule has 3 heteroatoms. The second kappa shape index (κ2) is 6.53. The van der Waals surface area contributed by atoms with Crippen LogP contribution in [0.5, 0.6) is 11.5 Å².